The molecule has 1 amide bonds. The molecule has 2 aliphatic rings. The highest BCUT2D eigenvalue weighted by atomic mass is 35.5. The van der Waals surface area contributed by atoms with Crippen molar-refractivity contribution in [1.82, 2.24) is 0 Å². The fourth-order valence-corrected chi connectivity index (χ4v) is 7.25. The molecule has 2 heterocycles. The molecule has 0 aromatic heterocycles. The van der Waals surface area contributed by atoms with Crippen LogP contribution in [0.5, 0.6) is 0 Å². The van der Waals surface area contributed by atoms with Gasteiger partial charge < -0.3 is 4.90 Å². The number of benzene rings is 1. The number of halogens is 2. The van der Waals surface area contributed by atoms with Crippen molar-refractivity contribution in [3.8, 4) is 0 Å². The lowest BCUT2D eigenvalue weighted by atomic mass is 10.2. The van der Waals surface area contributed by atoms with Gasteiger partial charge in [0.1, 0.15) is 0 Å². The van der Waals surface area contributed by atoms with Crippen molar-refractivity contribution in [2.75, 3.05) is 16.4 Å². The molecule has 1 aromatic rings. The molecule has 2 saturated heterocycles. The second-order valence-electron chi connectivity index (χ2n) is 6.13. The summed E-state index contributed by atoms with van der Waals surface area (Å²) in [5, 5.41) is 1.09. The van der Waals surface area contributed by atoms with E-state index in [4.69, 9.17) is 23.2 Å². The van der Waals surface area contributed by atoms with Crippen molar-refractivity contribution >= 4 is 61.6 Å². The Morgan fingerprint density at radius 2 is 1.92 bits per heavy atom. The summed E-state index contributed by atoms with van der Waals surface area (Å²) in [5.74, 6) is -0.434. The molecule has 0 bridgehead atoms. The Bertz CT molecular complexity index is 804. The van der Waals surface area contributed by atoms with Crippen molar-refractivity contribution in [2.24, 2.45) is 10.9 Å². The molecule has 0 saturated carbocycles. The van der Waals surface area contributed by atoms with Gasteiger partial charge in [0, 0.05) is 11.2 Å². The Kier molecular flexibility index (Phi) is 4.90. The zero-order valence-electron chi connectivity index (χ0n) is 13.1. The highest BCUT2D eigenvalue weighted by Crippen LogP contribution is 2.45. The SMILES string of the molecule is CC(C)C(=O)N=C1S[C@@H]2CS(=O)(=O)C[C@H]2N1c1c(Cl)cccc1Cl. The molecular weight excluding hydrogens is 391 g/mol. The molecule has 24 heavy (non-hydrogen) atoms. The normalized spacial score (nSPS) is 27.0. The van der Waals surface area contributed by atoms with Crippen LogP contribution in [0.2, 0.25) is 10.0 Å². The molecule has 2 aliphatic heterocycles. The molecule has 9 heteroatoms. The van der Waals surface area contributed by atoms with Crippen LogP contribution in [0, 0.1) is 5.92 Å². The van der Waals surface area contributed by atoms with Gasteiger partial charge in [-0.1, -0.05) is 54.9 Å². The molecule has 130 valence electrons. The number of rotatable bonds is 2. The molecule has 0 radical (unpaired) electrons. The van der Waals surface area contributed by atoms with Crippen LogP contribution < -0.4 is 4.90 Å². The first-order chi connectivity index (χ1) is 11.2. The smallest absolute Gasteiger partial charge is 0.250 e. The fourth-order valence-electron chi connectivity index (χ4n) is 2.77. The van der Waals surface area contributed by atoms with Crippen LogP contribution in [0.3, 0.4) is 0 Å². The molecule has 5 nitrogen and oxygen atoms in total. The van der Waals surface area contributed by atoms with E-state index >= 15 is 0 Å². The molecule has 2 atom stereocenters. The molecule has 0 aliphatic carbocycles. The van der Waals surface area contributed by atoms with Crippen molar-refractivity contribution < 1.29 is 13.2 Å². The van der Waals surface area contributed by atoms with Crippen molar-refractivity contribution in [2.45, 2.75) is 25.1 Å². The Balaban J connectivity index is 2.10. The number of hydrogen-bond donors (Lipinski definition) is 0. The van der Waals surface area contributed by atoms with E-state index in [0.717, 1.165) is 0 Å². The first-order valence-electron chi connectivity index (χ1n) is 7.42. The monoisotopic (exact) mass is 406 g/mol. The van der Waals surface area contributed by atoms with E-state index in [1.165, 1.54) is 11.8 Å². The van der Waals surface area contributed by atoms with Gasteiger partial charge in [0.25, 0.3) is 5.91 Å². The lowest BCUT2D eigenvalue weighted by Crippen LogP contribution is -2.38. The average molecular weight is 407 g/mol. The number of anilines is 1. The van der Waals surface area contributed by atoms with Crippen LogP contribution in [-0.2, 0) is 14.6 Å². The second kappa shape index (κ2) is 6.52. The number of carbonyl (C=O) groups excluding carboxylic acids is 1. The van der Waals surface area contributed by atoms with Crippen molar-refractivity contribution in [3.63, 3.8) is 0 Å². The zero-order chi connectivity index (χ0) is 17.6. The standard InChI is InChI=1S/C15H16Cl2N2O3S2/c1-8(2)14(20)18-15-19(13-9(16)4-3-5-10(13)17)11-6-24(21,22)7-12(11)23-15/h3-5,8,11-12H,6-7H2,1-2H3/t11-,12-/m1/s1. The van der Waals surface area contributed by atoms with E-state index in [0.29, 0.717) is 20.9 Å². The van der Waals surface area contributed by atoms with Gasteiger partial charge in [-0.15, -0.1) is 0 Å². The number of para-hydroxylation sites is 1. The van der Waals surface area contributed by atoms with Crippen LogP contribution in [0.4, 0.5) is 5.69 Å². The summed E-state index contributed by atoms with van der Waals surface area (Å²) < 4.78 is 24.0. The van der Waals surface area contributed by atoms with Gasteiger partial charge in [-0.05, 0) is 12.1 Å². The molecule has 0 unspecified atom stereocenters. The van der Waals surface area contributed by atoms with Crippen LogP contribution in [0.1, 0.15) is 13.8 Å². The highest BCUT2D eigenvalue weighted by molar-refractivity contribution is 8.16. The summed E-state index contributed by atoms with van der Waals surface area (Å²) in [5.41, 5.74) is 0.508. The number of sulfone groups is 1. The highest BCUT2D eigenvalue weighted by Gasteiger charge is 2.50. The molecule has 3 rings (SSSR count). The number of nitrogens with zero attached hydrogens (tertiary/aromatic N) is 2. The second-order valence-corrected chi connectivity index (χ2v) is 10.3. The maximum atomic E-state index is 12.1. The van der Waals surface area contributed by atoms with Gasteiger partial charge in [-0.2, -0.15) is 4.99 Å². The largest absolute Gasteiger partial charge is 0.313 e. The van der Waals surface area contributed by atoms with Crippen LogP contribution in [0.25, 0.3) is 0 Å². The summed E-state index contributed by atoms with van der Waals surface area (Å²) in [7, 11) is -3.13. The number of amides is 1. The predicted octanol–water partition coefficient (Wildman–Crippen LogP) is 3.25. The Hall–Kier alpha value is -0.760. The van der Waals surface area contributed by atoms with Crippen molar-refractivity contribution in [1.29, 1.82) is 0 Å². The third-order valence-electron chi connectivity index (χ3n) is 3.94. The van der Waals surface area contributed by atoms with Crippen LogP contribution in [0.15, 0.2) is 23.2 Å². The minimum absolute atomic E-state index is 0.00110. The first-order valence-corrected chi connectivity index (χ1v) is 10.9. The van der Waals surface area contributed by atoms with Gasteiger partial charge in [0.05, 0.1) is 33.3 Å². The van der Waals surface area contributed by atoms with Gasteiger partial charge >= 0.3 is 0 Å². The maximum Gasteiger partial charge on any atom is 0.250 e. The summed E-state index contributed by atoms with van der Waals surface area (Å²) in [6.45, 7) is 3.54. The average Bonchev–Trinajstić information content (AvgIpc) is 2.91. The van der Waals surface area contributed by atoms with E-state index < -0.39 is 9.84 Å². The summed E-state index contributed by atoms with van der Waals surface area (Å²) in [6.07, 6.45) is 0. The number of fused-ring (bicyclic) bond motifs is 1. The Labute approximate surface area is 155 Å². The minimum atomic E-state index is -3.13. The van der Waals surface area contributed by atoms with E-state index in [2.05, 4.69) is 4.99 Å². The Morgan fingerprint density at radius 1 is 1.29 bits per heavy atom. The van der Waals surface area contributed by atoms with Crippen molar-refractivity contribution in [3.05, 3.63) is 28.2 Å². The lowest BCUT2D eigenvalue weighted by molar-refractivity contribution is -0.120. The quantitative estimate of drug-likeness (QED) is 0.753. The van der Waals surface area contributed by atoms with Gasteiger partial charge in [0.15, 0.2) is 15.0 Å². The van der Waals surface area contributed by atoms with Crippen LogP contribution in [-0.4, -0.2) is 42.3 Å². The number of amidine groups is 1. The summed E-state index contributed by atoms with van der Waals surface area (Å²) >= 11 is 13.9. The predicted molar refractivity (Wildman–Crippen MR) is 100 cm³/mol. The minimum Gasteiger partial charge on any atom is -0.313 e. The van der Waals surface area contributed by atoms with Gasteiger partial charge in [0.2, 0.25) is 0 Å². The molecule has 0 N–H and O–H groups in total. The maximum absolute atomic E-state index is 12.1. The molecular formula is C15H16Cl2N2O3S2. The number of thioether (sulfide) groups is 1. The number of carbonyl (C=O) groups is 1. The third kappa shape index (κ3) is 3.31. The first kappa shape index (κ1) is 18.0. The number of aliphatic imine (C=N–C) groups is 1. The molecule has 0 spiro atoms. The summed E-state index contributed by atoms with van der Waals surface area (Å²) in [4.78, 5) is 18.0. The third-order valence-corrected chi connectivity index (χ3v) is 7.76. The van der Waals surface area contributed by atoms with E-state index in [1.54, 1.807) is 36.9 Å². The molecule has 1 aromatic carbocycles. The number of hydrogen-bond acceptors (Lipinski definition) is 4. The summed E-state index contributed by atoms with van der Waals surface area (Å²) in [6, 6.07) is 4.77. The zero-order valence-corrected chi connectivity index (χ0v) is 16.2. The van der Waals surface area contributed by atoms with E-state index in [9.17, 15) is 13.2 Å². The van der Waals surface area contributed by atoms with Crippen LogP contribution >= 0.6 is 35.0 Å². The fraction of sp³-hybridized carbons (Fsp3) is 0.467. The van der Waals surface area contributed by atoms with E-state index in [-0.39, 0.29) is 34.6 Å². The Morgan fingerprint density at radius 3 is 2.50 bits per heavy atom. The molecule has 2 fully saturated rings. The van der Waals surface area contributed by atoms with Gasteiger partial charge in [-0.3, -0.25) is 4.79 Å². The van der Waals surface area contributed by atoms with E-state index in [1.807, 2.05) is 0 Å². The topological polar surface area (TPSA) is 66.8 Å². The van der Waals surface area contributed by atoms with Gasteiger partial charge in [-0.25, -0.2) is 8.42 Å². The lowest BCUT2D eigenvalue weighted by Gasteiger charge is -2.26.